The second kappa shape index (κ2) is 7.84. The highest BCUT2D eigenvalue weighted by atomic mass is 15.1. The van der Waals surface area contributed by atoms with E-state index in [2.05, 4.69) is 79.5 Å². The lowest BCUT2D eigenvalue weighted by Crippen LogP contribution is -2.21. The molecule has 0 saturated carbocycles. The van der Waals surface area contributed by atoms with Gasteiger partial charge in [-0.1, -0.05) is 42.0 Å². The van der Waals surface area contributed by atoms with Gasteiger partial charge in [-0.2, -0.15) is 0 Å². The molecule has 0 aliphatic carbocycles. The van der Waals surface area contributed by atoms with Gasteiger partial charge in [0.25, 0.3) is 0 Å². The Morgan fingerprint density at radius 2 is 1.52 bits per heavy atom. The van der Waals surface area contributed by atoms with Gasteiger partial charge < -0.3 is 10.2 Å². The molecule has 0 heterocycles. The number of hydrogen-bond acceptors (Lipinski definition) is 2. The summed E-state index contributed by atoms with van der Waals surface area (Å²) in [6.07, 6.45) is 0. The topological polar surface area (TPSA) is 15.3 Å². The van der Waals surface area contributed by atoms with Crippen molar-refractivity contribution < 1.29 is 0 Å². The van der Waals surface area contributed by atoms with Crippen LogP contribution in [0.4, 0.5) is 5.69 Å². The summed E-state index contributed by atoms with van der Waals surface area (Å²) in [4.78, 5) is 2.37. The monoisotopic (exact) mass is 282 g/mol. The maximum absolute atomic E-state index is 3.51. The first-order valence-corrected chi connectivity index (χ1v) is 7.83. The molecule has 0 spiro atoms. The molecular formula is C19H26N2. The van der Waals surface area contributed by atoms with Crippen molar-refractivity contribution in [3.8, 4) is 0 Å². The first kappa shape index (κ1) is 15.6. The molecule has 0 aromatic heterocycles. The van der Waals surface area contributed by atoms with Gasteiger partial charge in [-0.15, -0.1) is 0 Å². The molecule has 2 aromatic rings. The first-order valence-electron chi connectivity index (χ1n) is 7.83. The normalized spacial score (nSPS) is 10.6. The molecule has 0 saturated heterocycles. The number of nitrogens with one attached hydrogen (secondary N) is 1. The van der Waals surface area contributed by atoms with Crippen molar-refractivity contribution in [3.63, 3.8) is 0 Å². The fourth-order valence-corrected chi connectivity index (χ4v) is 2.59. The molecule has 0 aliphatic heterocycles. The molecule has 1 N–H and O–H groups in total. The van der Waals surface area contributed by atoms with Crippen molar-refractivity contribution >= 4 is 5.69 Å². The maximum atomic E-state index is 3.51. The van der Waals surface area contributed by atoms with E-state index in [4.69, 9.17) is 0 Å². The number of benzene rings is 2. The van der Waals surface area contributed by atoms with Crippen LogP contribution >= 0.6 is 0 Å². The molecular weight excluding hydrogens is 256 g/mol. The van der Waals surface area contributed by atoms with Crippen LogP contribution in [-0.4, -0.2) is 13.1 Å². The highest BCUT2D eigenvalue weighted by Gasteiger charge is 2.01. The molecule has 2 heteroatoms. The van der Waals surface area contributed by atoms with Crippen LogP contribution in [0.15, 0.2) is 48.5 Å². The minimum absolute atomic E-state index is 0.909. The van der Waals surface area contributed by atoms with E-state index < -0.39 is 0 Å². The molecule has 0 fully saturated rings. The van der Waals surface area contributed by atoms with Gasteiger partial charge in [0, 0.05) is 31.9 Å². The van der Waals surface area contributed by atoms with Gasteiger partial charge in [0.15, 0.2) is 0 Å². The summed E-state index contributed by atoms with van der Waals surface area (Å²) in [7, 11) is 0. The van der Waals surface area contributed by atoms with Crippen molar-refractivity contribution in [1.29, 1.82) is 0 Å². The van der Waals surface area contributed by atoms with Crippen LogP contribution in [0.3, 0.4) is 0 Å². The third kappa shape index (κ3) is 4.61. The van der Waals surface area contributed by atoms with Gasteiger partial charge in [-0.05, 0) is 44.0 Å². The summed E-state index contributed by atoms with van der Waals surface area (Å²) in [5.74, 6) is 0. The number of rotatable bonds is 7. The third-order valence-corrected chi connectivity index (χ3v) is 3.81. The highest BCUT2D eigenvalue weighted by Crippen LogP contribution is 2.15. The fourth-order valence-electron chi connectivity index (χ4n) is 2.59. The van der Waals surface area contributed by atoms with E-state index in [9.17, 15) is 0 Å². The van der Waals surface area contributed by atoms with Crippen LogP contribution in [0.1, 0.15) is 30.5 Å². The standard InChI is InChI=1S/C19H26N2/c1-4-21(5-2)19-11-9-17(10-12-19)14-20-15-18-8-6-7-16(3)13-18/h6-13,20H,4-5,14-15H2,1-3H3. The van der Waals surface area contributed by atoms with Crippen LogP contribution < -0.4 is 10.2 Å². The van der Waals surface area contributed by atoms with Gasteiger partial charge in [-0.3, -0.25) is 0 Å². The Balaban J connectivity index is 1.86. The van der Waals surface area contributed by atoms with Crippen molar-refractivity contribution in [2.75, 3.05) is 18.0 Å². The summed E-state index contributed by atoms with van der Waals surface area (Å²) in [6.45, 7) is 10.5. The molecule has 0 unspecified atom stereocenters. The zero-order valence-corrected chi connectivity index (χ0v) is 13.4. The Hall–Kier alpha value is -1.80. The average Bonchev–Trinajstić information content (AvgIpc) is 2.50. The summed E-state index contributed by atoms with van der Waals surface area (Å²) in [5, 5.41) is 3.51. The van der Waals surface area contributed by atoms with Gasteiger partial charge in [0.05, 0.1) is 0 Å². The van der Waals surface area contributed by atoms with Crippen molar-refractivity contribution in [3.05, 3.63) is 65.2 Å². The van der Waals surface area contributed by atoms with Crippen LogP contribution in [0.25, 0.3) is 0 Å². The lowest BCUT2D eigenvalue weighted by atomic mass is 10.1. The quantitative estimate of drug-likeness (QED) is 0.821. The summed E-state index contributed by atoms with van der Waals surface area (Å²) in [5.41, 5.74) is 5.30. The zero-order chi connectivity index (χ0) is 15.1. The van der Waals surface area contributed by atoms with E-state index in [1.807, 2.05) is 0 Å². The average molecular weight is 282 g/mol. The van der Waals surface area contributed by atoms with E-state index >= 15 is 0 Å². The van der Waals surface area contributed by atoms with Gasteiger partial charge in [0.1, 0.15) is 0 Å². The minimum atomic E-state index is 0.909. The number of anilines is 1. The molecule has 0 amide bonds. The Bertz CT molecular complexity index is 542. The van der Waals surface area contributed by atoms with Crippen molar-refractivity contribution in [2.24, 2.45) is 0 Å². The first-order chi connectivity index (χ1) is 10.2. The van der Waals surface area contributed by atoms with Crippen molar-refractivity contribution in [2.45, 2.75) is 33.9 Å². The van der Waals surface area contributed by atoms with Crippen molar-refractivity contribution in [1.82, 2.24) is 5.32 Å². The predicted molar refractivity (Wildman–Crippen MR) is 91.7 cm³/mol. The molecule has 0 bridgehead atoms. The van der Waals surface area contributed by atoms with Crippen LogP contribution in [0.5, 0.6) is 0 Å². The summed E-state index contributed by atoms with van der Waals surface area (Å²) >= 11 is 0. The van der Waals surface area contributed by atoms with E-state index in [0.29, 0.717) is 0 Å². The molecule has 0 aliphatic rings. The van der Waals surface area contributed by atoms with Crippen LogP contribution in [0.2, 0.25) is 0 Å². The second-order valence-electron chi connectivity index (χ2n) is 5.43. The van der Waals surface area contributed by atoms with Gasteiger partial charge >= 0.3 is 0 Å². The molecule has 2 aromatic carbocycles. The largest absolute Gasteiger partial charge is 0.372 e. The lowest BCUT2D eigenvalue weighted by molar-refractivity contribution is 0.693. The van der Waals surface area contributed by atoms with E-state index in [0.717, 1.165) is 26.2 Å². The summed E-state index contributed by atoms with van der Waals surface area (Å²) < 4.78 is 0. The Labute approximate surface area is 128 Å². The Kier molecular flexibility index (Phi) is 5.82. The zero-order valence-electron chi connectivity index (χ0n) is 13.4. The lowest BCUT2D eigenvalue weighted by Gasteiger charge is -2.21. The maximum Gasteiger partial charge on any atom is 0.0366 e. The highest BCUT2D eigenvalue weighted by molar-refractivity contribution is 5.47. The number of nitrogens with zero attached hydrogens (tertiary/aromatic N) is 1. The molecule has 0 radical (unpaired) electrons. The minimum Gasteiger partial charge on any atom is -0.372 e. The Morgan fingerprint density at radius 3 is 2.14 bits per heavy atom. The molecule has 2 nitrogen and oxygen atoms in total. The smallest absolute Gasteiger partial charge is 0.0366 e. The summed E-state index contributed by atoms with van der Waals surface area (Å²) in [6, 6.07) is 17.5. The molecule has 112 valence electrons. The fraction of sp³-hybridized carbons (Fsp3) is 0.368. The molecule has 21 heavy (non-hydrogen) atoms. The molecule has 0 atom stereocenters. The van der Waals surface area contributed by atoms with Gasteiger partial charge in [0.2, 0.25) is 0 Å². The van der Waals surface area contributed by atoms with Crippen LogP contribution in [-0.2, 0) is 13.1 Å². The van der Waals surface area contributed by atoms with E-state index in [1.54, 1.807) is 0 Å². The third-order valence-electron chi connectivity index (χ3n) is 3.81. The Morgan fingerprint density at radius 1 is 0.857 bits per heavy atom. The van der Waals surface area contributed by atoms with E-state index in [1.165, 1.54) is 22.4 Å². The predicted octanol–water partition coefficient (Wildman–Crippen LogP) is 4.13. The van der Waals surface area contributed by atoms with Crippen LogP contribution in [0, 0.1) is 6.92 Å². The number of hydrogen-bond donors (Lipinski definition) is 1. The van der Waals surface area contributed by atoms with E-state index in [-0.39, 0.29) is 0 Å². The van der Waals surface area contributed by atoms with Gasteiger partial charge in [-0.25, -0.2) is 0 Å². The second-order valence-corrected chi connectivity index (χ2v) is 5.43. The number of aryl methyl sites for hydroxylation is 1. The molecule has 2 rings (SSSR count). The SMILES string of the molecule is CCN(CC)c1ccc(CNCc2cccc(C)c2)cc1.